The van der Waals surface area contributed by atoms with Gasteiger partial charge in [0.1, 0.15) is 11.6 Å². The molecule has 9 nitrogen and oxygen atoms in total. The summed E-state index contributed by atoms with van der Waals surface area (Å²) in [5.41, 5.74) is 1.06. The number of alkyl halides is 2. The number of para-hydroxylation sites is 2. The fraction of sp³-hybridized carbons (Fsp3) is 0.560. The Bertz CT molecular complexity index is 1170. The van der Waals surface area contributed by atoms with Gasteiger partial charge >= 0.3 is 0 Å². The fourth-order valence-electron chi connectivity index (χ4n) is 5.12. The first-order chi connectivity index (χ1) is 17.6. The number of imidazole rings is 1. The number of fused-ring (bicyclic) bond motifs is 1. The summed E-state index contributed by atoms with van der Waals surface area (Å²) < 4.78 is 40.8. The minimum atomic E-state index is -2.76. The van der Waals surface area contributed by atoms with Gasteiger partial charge < -0.3 is 25.0 Å². The second-order valence-electron chi connectivity index (χ2n) is 9.35. The van der Waals surface area contributed by atoms with Crippen molar-refractivity contribution in [1.29, 1.82) is 0 Å². The molecule has 36 heavy (non-hydrogen) atoms. The number of nitrogens with one attached hydrogen (secondary N) is 2. The second kappa shape index (κ2) is 11.0. The molecule has 1 aliphatic carbocycles. The highest BCUT2D eigenvalue weighted by molar-refractivity contribution is 5.78. The summed E-state index contributed by atoms with van der Waals surface area (Å²) in [5.74, 6) is 1.49. The highest BCUT2D eigenvalue weighted by atomic mass is 19.3. The molecule has 1 saturated carbocycles. The van der Waals surface area contributed by atoms with Crippen LogP contribution in [0.3, 0.4) is 0 Å². The number of anilines is 2. The molecule has 0 unspecified atom stereocenters. The van der Waals surface area contributed by atoms with Crippen LogP contribution in [0.25, 0.3) is 16.9 Å². The van der Waals surface area contributed by atoms with Gasteiger partial charge in [-0.2, -0.15) is 9.97 Å². The zero-order valence-corrected chi connectivity index (χ0v) is 20.7. The van der Waals surface area contributed by atoms with Crippen molar-refractivity contribution in [3.63, 3.8) is 0 Å². The van der Waals surface area contributed by atoms with Gasteiger partial charge in [0.05, 0.1) is 24.2 Å². The van der Waals surface area contributed by atoms with Gasteiger partial charge in [-0.05, 0) is 50.8 Å². The molecule has 5 rings (SSSR count). The van der Waals surface area contributed by atoms with Gasteiger partial charge in [0.2, 0.25) is 5.95 Å². The van der Waals surface area contributed by atoms with Crippen molar-refractivity contribution < 1.29 is 18.3 Å². The van der Waals surface area contributed by atoms with Crippen molar-refractivity contribution in [3.05, 3.63) is 36.2 Å². The van der Waals surface area contributed by atoms with Gasteiger partial charge in [0, 0.05) is 32.3 Å². The van der Waals surface area contributed by atoms with Crippen molar-refractivity contribution in [2.75, 3.05) is 50.7 Å². The number of ether oxygens (including phenoxy) is 2. The first-order valence-electron chi connectivity index (χ1n) is 12.5. The summed E-state index contributed by atoms with van der Waals surface area (Å²) in [6.07, 6.45) is 1.41. The minimum absolute atomic E-state index is 0.333. The second-order valence-corrected chi connectivity index (χ2v) is 9.35. The molecule has 2 fully saturated rings. The molecule has 2 N–H and O–H groups in total. The SMILES string of the molecule is CNC1CCC(CNc2nc(N3CCOC[C@H]3OC)cc(-n3c(C(F)F)nc4ccccc43)n2)CC1. The molecule has 0 radical (unpaired) electrons. The van der Waals surface area contributed by atoms with Crippen molar-refractivity contribution in [1.82, 2.24) is 24.8 Å². The van der Waals surface area contributed by atoms with Gasteiger partial charge in [-0.15, -0.1) is 0 Å². The van der Waals surface area contributed by atoms with Crippen LogP contribution in [0.2, 0.25) is 0 Å². The lowest BCUT2D eigenvalue weighted by molar-refractivity contribution is -0.0191. The van der Waals surface area contributed by atoms with Crippen molar-refractivity contribution in [3.8, 4) is 5.82 Å². The Balaban J connectivity index is 1.52. The third-order valence-electron chi connectivity index (χ3n) is 7.16. The van der Waals surface area contributed by atoms with Crippen LogP contribution in [0.1, 0.15) is 37.9 Å². The van der Waals surface area contributed by atoms with Crippen molar-refractivity contribution in [2.24, 2.45) is 5.92 Å². The van der Waals surface area contributed by atoms with E-state index in [0.717, 1.165) is 32.2 Å². The van der Waals surface area contributed by atoms with E-state index in [1.165, 1.54) is 4.57 Å². The normalized spacial score (nSPS) is 22.9. The third kappa shape index (κ3) is 5.14. The number of methoxy groups -OCH3 is 1. The summed E-state index contributed by atoms with van der Waals surface area (Å²) >= 11 is 0. The quantitative estimate of drug-likeness (QED) is 0.483. The number of morpholine rings is 1. The van der Waals surface area contributed by atoms with Crippen molar-refractivity contribution in [2.45, 2.75) is 44.4 Å². The number of rotatable bonds is 8. The summed E-state index contributed by atoms with van der Waals surface area (Å²) in [6, 6.07) is 9.39. The predicted octanol–water partition coefficient (Wildman–Crippen LogP) is 3.75. The maximum atomic E-state index is 14.1. The van der Waals surface area contributed by atoms with Crippen LogP contribution in [0, 0.1) is 5.92 Å². The van der Waals surface area contributed by atoms with Crippen molar-refractivity contribution >= 4 is 22.8 Å². The van der Waals surface area contributed by atoms with Gasteiger partial charge in [-0.25, -0.2) is 13.8 Å². The van der Waals surface area contributed by atoms with Gasteiger partial charge in [-0.3, -0.25) is 4.57 Å². The average Bonchev–Trinajstić information content (AvgIpc) is 3.32. The average molecular weight is 502 g/mol. The molecule has 194 valence electrons. The summed E-state index contributed by atoms with van der Waals surface area (Å²) in [5, 5.41) is 6.76. The lowest BCUT2D eigenvalue weighted by atomic mass is 9.86. The number of hydrogen-bond donors (Lipinski definition) is 2. The largest absolute Gasteiger partial charge is 0.375 e. The monoisotopic (exact) mass is 501 g/mol. The molecule has 2 aliphatic rings. The summed E-state index contributed by atoms with van der Waals surface area (Å²) in [4.78, 5) is 15.6. The molecule has 1 atom stereocenters. The van der Waals surface area contributed by atoms with E-state index in [0.29, 0.717) is 60.3 Å². The van der Waals surface area contributed by atoms with Crippen LogP contribution in [0.15, 0.2) is 30.3 Å². The van der Waals surface area contributed by atoms with E-state index in [2.05, 4.69) is 20.6 Å². The first-order valence-corrected chi connectivity index (χ1v) is 12.5. The molecule has 0 amide bonds. The van der Waals surface area contributed by atoms with Crippen LogP contribution in [0.4, 0.5) is 20.5 Å². The molecule has 1 aromatic carbocycles. The maximum absolute atomic E-state index is 14.1. The van der Waals surface area contributed by atoms with E-state index in [9.17, 15) is 8.78 Å². The van der Waals surface area contributed by atoms with Gasteiger partial charge in [0.25, 0.3) is 6.43 Å². The number of aromatic nitrogens is 4. The molecular formula is C25H33F2N7O2. The molecule has 11 heteroatoms. The standard InChI is InChI=1S/C25H33F2N7O2/c1-28-17-9-7-16(8-10-17)14-29-25-31-20(33-11-12-36-15-22(33)35-2)13-21(32-25)34-19-6-4-3-5-18(19)30-24(34)23(26)27/h3-6,13,16-17,22-23,28H,7-12,14-15H2,1-2H3,(H,29,31,32)/t16?,17?,22-/m1/s1. The van der Waals surface area contributed by atoms with Crippen LogP contribution in [-0.2, 0) is 9.47 Å². The Hall–Kier alpha value is -2.89. The van der Waals surface area contributed by atoms with E-state index >= 15 is 0 Å². The Morgan fingerprint density at radius 2 is 1.89 bits per heavy atom. The zero-order chi connectivity index (χ0) is 25.1. The molecule has 2 aromatic heterocycles. The molecule has 1 aliphatic heterocycles. The number of hydrogen-bond acceptors (Lipinski definition) is 8. The summed E-state index contributed by atoms with van der Waals surface area (Å²) in [7, 11) is 3.63. The van der Waals surface area contributed by atoms with Crippen LogP contribution < -0.4 is 15.5 Å². The lowest BCUT2D eigenvalue weighted by Gasteiger charge is -2.35. The first kappa shape index (κ1) is 24.8. The number of halogens is 2. The molecule has 0 spiro atoms. The number of benzene rings is 1. The van der Waals surface area contributed by atoms with E-state index in [1.807, 2.05) is 11.9 Å². The maximum Gasteiger partial charge on any atom is 0.296 e. The van der Waals surface area contributed by atoms with E-state index in [-0.39, 0.29) is 12.1 Å². The summed E-state index contributed by atoms with van der Waals surface area (Å²) in [6.45, 7) is 2.20. The minimum Gasteiger partial charge on any atom is -0.375 e. The Morgan fingerprint density at radius 1 is 1.11 bits per heavy atom. The molecule has 1 saturated heterocycles. The van der Waals surface area contributed by atoms with E-state index < -0.39 is 6.43 Å². The van der Waals surface area contributed by atoms with Gasteiger partial charge in [-0.1, -0.05) is 12.1 Å². The lowest BCUT2D eigenvalue weighted by Crippen LogP contribution is -2.47. The predicted molar refractivity (Wildman–Crippen MR) is 134 cm³/mol. The highest BCUT2D eigenvalue weighted by Crippen LogP contribution is 2.30. The van der Waals surface area contributed by atoms with Gasteiger partial charge in [0.15, 0.2) is 12.1 Å². The van der Waals surface area contributed by atoms with Crippen LogP contribution in [-0.4, -0.2) is 72.2 Å². The Labute approximate surface area is 209 Å². The topological polar surface area (TPSA) is 89.4 Å². The van der Waals surface area contributed by atoms with E-state index in [4.69, 9.17) is 14.5 Å². The molecule has 3 heterocycles. The van der Waals surface area contributed by atoms with Crippen LogP contribution in [0.5, 0.6) is 0 Å². The van der Waals surface area contributed by atoms with E-state index in [1.54, 1.807) is 37.4 Å². The highest BCUT2D eigenvalue weighted by Gasteiger charge is 2.27. The van der Waals surface area contributed by atoms with Crippen LogP contribution >= 0.6 is 0 Å². The Morgan fingerprint density at radius 3 is 2.64 bits per heavy atom. The Kier molecular flexibility index (Phi) is 7.59. The molecular weight excluding hydrogens is 468 g/mol. The fourth-order valence-corrected chi connectivity index (χ4v) is 5.12. The molecule has 0 bridgehead atoms. The third-order valence-corrected chi connectivity index (χ3v) is 7.16. The smallest absolute Gasteiger partial charge is 0.296 e. The number of nitrogens with zero attached hydrogens (tertiary/aromatic N) is 5. The molecule has 3 aromatic rings. The zero-order valence-electron chi connectivity index (χ0n) is 20.7.